The van der Waals surface area contributed by atoms with E-state index in [2.05, 4.69) is 4.85 Å². The summed E-state index contributed by atoms with van der Waals surface area (Å²) in [5, 5.41) is 0. The SMILES string of the molecule is COc1ccc([N+]#[11C-])cc1. The van der Waals surface area contributed by atoms with Crippen molar-refractivity contribution in [2.75, 3.05) is 7.11 Å². The van der Waals surface area contributed by atoms with E-state index < -0.39 is 0 Å². The minimum atomic E-state index is 0.640. The smallest absolute Gasteiger partial charge is 0.187 e. The number of hydrogen-bond acceptors (Lipinski definition) is 1. The summed E-state index contributed by atoms with van der Waals surface area (Å²) in [6, 6.07) is 7.00. The van der Waals surface area contributed by atoms with Crippen LogP contribution in [0, 0.1) is 6.57 Å². The van der Waals surface area contributed by atoms with Gasteiger partial charge in [0.2, 0.25) is 0 Å². The normalized spacial score (nSPS) is 8.40. The highest BCUT2D eigenvalue weighted by molar-refractivity contribution is 5.46. The minimum absolute atomic E-state index is 0.640. The molecule has 0 unspecified atom stereocenters. The van der Waals surface area contributed by atoms with Crippen LogP contribution in [-0.4, -0.2) is 7.11 Å². The molecule has 0 radical (unpaired) electrons. The fraction of sp³-hybridized carbons (Fsp3) is 0.125. The van der Waals surface area contributed by atoms with E-state index in [0.717, 1.165) is 5.75 Å². The molecule has 0 aliphatic rings. The summed E-state index contributed by atoms with van der Waals surface area (Å²) in [4.78, 5) is 3.24. The van der Waals surface area contributed by atoms with Gasteiger partial charge in [-0.25, -0.2) is 4.85 Å². The zero-order valence-electron chi connectivity index (χ0n) is 5.66. The van der Waals surface area contributed by atoms with Crippen molar-refractivity contribution < 1.29 is 4.74 Å². The third kappa shape index (κ3) is 1.26. The molecule has 1 aromatic carbocycles. The van der Waals surface area contributed by atoms with Gasteiger partial charge in [0, 0.05) is 0 Å². The van der Waals surface area contributed by atoms with Gasteiger partial charge in [-0.1, -0.05) is 12.1 Å². The number of ether oxygens (including phenoxy) is 1. The van der Waals surface area contributed by atoms with Crippen LogP contribution < -0.4 is 4.74 Å². The number of methoxy groups -OCH3 is 1. The highest BCUT2D eigenvalue weighted by atomic mass is 16.5. The maximum Gasteiger partial charge on any atom is 0.187 e. The van der Waals surface area contributed by atoms with Crippen LogP contribution in [0.25, 0.3) is 4.85 Å². The average Bonchev–Trinajstić information content (AvgIpc) is 2.05. The lowest BCUT2D eigenvalue weighted by molar-refractivity contribution is 0.415. The highest BCUT2D eigenvalue weighted by Crippen LogP contribution is 2.16. The predicted octanol–water partition coefficient (Wildman–Crippen LogP) is 2.25. The zero-order valence-corrected chi connectivity index (χ0v) is 5.66. The Morgan fingerprint density at radius 3 is 2.30 bits per heavy atom. The first kappa shape index (κ1) is 6.63. The Morgan fingerprint density at radius 1 is 1.30 bits per heavy atom. The van der Waals surface area contributed by atoms with Crippen molar-refractivity contribution in [3.63, 3.8) is 0 Å². The van der Waals surface area contributed by atoms with Crippen LogP contribution in [0.2, 0.25) is 0 Å². The predicted molar refractivity (Wildman–Crippen MR) is 39.3 cm³/mol. The van der Waals surface area contributed by atoms with Crippen LogP contribution >= 0.6 is 0 Å². The van der Waals surface area contributed by atoms with E-state index in [-0.39, 0.29) is 0 Å². The van der Waals surface area contributed by atoms with Gasteiger partial charge in [0.15, 0.2) is 5.69 Å². The molecule has 0 spiro atoms. The van der Waals surface area contributed by atoms with Gasteiger partial charge in [0.25, 0.3) is 0 Å². The molecule has 1 rings (SSSR count). The molecule has 0 aromatic heterocycles. The van der Waals surface area contributed by atoms with Crippen molar-refractivity contribution in [2.24, 2.45) is 0 Å². The largest absolute Gasteiger partial charge is 0.497 e. The van der Waals surface area contributed by atoms with E-state index >= 15 is 0 Å². The van der Waals surface area contributed by atoms with Crippen molar-refractivity contribution in [1.82, 2.24) is 0 Å². The Bertz CT molecular complexity index is 245. The van der Waals surface area contributed by atoms with Crippen molar-refractivity contribution in [2.45, 2.75) is 0 Å². The van der Waals surface area contributed by atoms with Crippen LogP contribution in [0.15, 0.2) is 24.3 Å². The van der Waals surface area contributed by atoms with Gasteiger partial charge >= 0.3 is 0 Å². The summed E-state index contributed by atoms with van der Waals surface area (Å²) in [6.45, 7) is 6.66. The molecule has 0 bridgehead atoms. The van der Waals surface area contributed by atoms with Gasteiger partial charge in [0.05, 0.1) is 13.7 Å². The van der Waals surface area contributed by atoms with E-state index in [1.165, 1.54) is 0 Å². The quantitative estimate of drug-likeness (QED) is 0.534. The Labute approximate surface area is 59.9 Å². The summed E-state index contributed by atoms with van der Waals surface area (Å²) in [5.41, 5.74) is 0.640. The number of benzene rings is 1. The van der Waals surface area contributed by atoms with Gasteiger partial charge in [-0.05, 0) is 12.1 Å². The second kappa shape index (κ2) is 2.88. The first-order valence-corrected chi connectivity index (χ1v) is 2.88. The van der Waals surface area contributed by atoms with Gasteiger partial charge < -0.3 is 4.74 Å². The summed E-state index contributed by atoms with van der Waals surface area (Å²) >= 11 is 0. The number of nitrogens with zero attached hydrogens (tertiary/aromatic N) is 1. The molecule has 2 nitrogen and oxygen atoms in total. The first-order chi connectivity index (χ1) is 4.86. The number of hydrogen-bond donors (Lipinski definition) is 0. The Hall–Kier alpha value is -1.49. The lowest BCUT2D eigenvalue weighted by atomic mass is 10.3. The molecule has 0 saturated heterocycles. The van der Waals surface area contributed by atoms with E-state index in [9.17, 15) is 0 Å². The maximum atomic E-state index is 6.66. The molecule has 0 aliphatic heterocycles. The molecule has 0 amide bonds. The lowest BCUT2D eigenvalue weighted by Crippen LogP contribution is -1.79. The Kier molecular flexibility index (Phi) is 1.91. The topological polar surface area (TPSA) is 13.6 Å². The van der Waals surface area contributed by atoms with Crippen LogP contribution in [0.4, 0.5) is 5.69 Å². The molecule has 0 aliphatic carbocycles. The minimum Gasteiger partial charge on any atom is -0.497 e. The first-order valence-electron chi connectivity index (χ1n) is 2.88. The summed E-state index contributed by atoms with van der Waals surface area (Å²) < 4.78 is 4.91. The molecule has 2 heteroatoms. The molecular weight excluding hydrogens is 125 g/mol. The Balaban J connectivity index is 2.93. The van der Waals surface area contributed by atoms with E-state index in [1.807, 2.05) is 0 Å². The summed E-state index contributed by atoms with van der Waals surface area (Å²) in [7, 11) is 1.60. The average molecular weight is 132 g/mol. The summed E-state index contributed by atoms with van der Waals surface area (Å²) in [6.07, 6.45) is 0. The second-order valence-electron chi connectivity index (χ2n) is 1.81. The molecule has 0 saturated carbocycles. The monoisotopic (exact) mass is 132 g/mol. The third-order valence-electron chi connectivity index (χ3n) is 1.20. The zero-order chi connectivity index (χ0) is 7.40. The van der Waals surface area contributed by atoms with Gasteiger partial charge in [-0.3, -0.25) is 0 Å². The maximum absolute atomic E-state index is 6.66. The van der Waals surface area contributed by atoms with Crippen LogP contribution in [-0.2, 0) is 0 Å². The molecular formula is C8H7NO. The van der Waals surface area contributed by atoms with Crippen molar-refractivity contribution in [3.05, 3.63) is 35.7 Å². The molecule has 0 fully saturated rings. The van der Waals surface area contributed by atoms with Gasteiger partial charge in [-0.15, -0.1) is 0 Å². The van der Waals surface area contributed by atoms with Gasteiger partial charge in [-0.2, -0.15) is 0 Å². The van der Waals surface area contributed by atoms with Crippen LogP contribution in [0.3, 0.4) is 0 Å². The van der Waals surface area contributed by atoms with E-state index in [1.54, 1.807) is 31.4 Å². The molecule has 10 heavy (non-hydrogen) atoms. The highest BCUT2D eigenvalue weighted by Gasteiger charge is 1.89. The van der Waals surface area contributed by atoms with Crippen molar-refractivity contribution >= 4 is 5.69 Å². The molecule has 0 N–H and O–H groups in total. The number of rotatable bonds is 1. The van der Waals surface area contributed by atoms with E-state index in [4.69, 9.17) is 11.3 Å². The van der Waals surface area contributed by atoms with Crippen LogP contribution in [0.5, 0.6) is 5.75 Å². The van der Waals surface area contributed by atoms with Crippen molar-refractivity contribution in [1.29, 1.82) is 0 Å². The van der Waals surface area contributed by atoms with E-state index in [0.29, 0.717) is 5.69 Å². The fourth-order valence-corrected chi connectivity index (χ4v) is 0.657. The molecule has 0 heterocycles. The standard InChI is InChI=1S/C8H7NO/c1-9-7-3-5-8(10-2)6-4-7/h3-6H,2H3/i1-1. The summed E-state index contributed by atoms with van der Waals surface area (Å²) in [5.74, 6) is 0.785. The molecule has 1 aromatic rings. The lowest BCUT2D eigenvalue weighted by Gasteiger charge is -1.96. The molecule has 0 atom stereocenters. The van der Waals surface area contributed by atoms with Gasteiger partial charge in [0.1, 0.15) is 5.75 Å². The Morgan fingerprint density at radius 2 is 1.90 bits per heavy atom. The molecule has 50 valence electrons. The second-order valence-corrected chi connectivity index (χ2v) is 1.81. The third-order valence-corrected chi connectivity index (χ3v) is 1.20. The van der Waals surface area contributed by atoms with Crippen molar-refractivity contribution in [3.8, 4) is 5.75 Å². The van der Waals surface area contributed by atoms with Crippen LogP contribution in [0.1, 0.15) is 0 Å². The fourth-order valence-electron chi connectivity index (χ4n) is 0.657.